The van der Waals surface area contributed by atoms with E-state index in [0.29, 0.717) is 18.7 Å². The number of aromatic nitrogens is 3. The fourth-order valence-corrected chi connectivity index (χ4v) is 8.59. The number of nitrogens with one attached hydrogen (secondary N) is 1. The van der Waals surface area contributed by atoms with Gasteiger partial charge in [-0.1, -0.05) is 80.1 Å². The summed E-state index contributed by atoms with van der Waals surface area (Å²) in [7, 11) is 2.14. The molecule has 4 N–H and O–H groups in total. The molecule has 280 valence electrons. The fourth-order valence-electron chi connectivity index (χ4n) is 8.59. The van der Waals surface area contributed by atoms with Crippen molar-refractivity contribution in [3.8, 4) is 0 Å². The van der Waals surface area contributed by atoms with E-state index in [4.69, 9.17) is 4.74 Å². The topological polar surface area (TPSA) is 139 Å². The Morgan fingerprint density at radius 2 is 1.66 bits per heavy atom. The number of aliphatic hydroxyl groups is 3. The van der Waals surface area contributed by atoms with E-state index in [1.165, 1.54) is 33.9 Å². The van der Waals surface area contributed by atoms with Crippen molar-refractivity contribution in [3.05, 3.63) is 108 Å². The van der Waals surface area contributed by atoms with E-state index in [0.717, 1.165) is 25.8 Å². The number of allylic oxidation sites excluding steroid dienone is 6. The van der Waals surface area contributed by atoms with Gasteiger partial charge in [0, 0.05) is 53.4 Å². The second-order valence-electron chi connectivity index (χ2n) is 15.9. The second-order valence-corrected chi connectivity index (χ2v) is 15.9. The summed E-state index contributed by atoms with van der Waals surface area (Å²) in [5, 5.41) is 41.7. The molecule has 7 rings (SSSR count). The molecule has 3 aromatic rings. The number of nitrogens with zero attached hydrogens (tertiary/aromatic N) is 5. The van der Waals surface area contributed by atoms with Gasteiger partial charge in [-0.2, -0.15) is 4.58 Å². The number of fused-ring (bicyclic) bond motifs is 3. The molecule has 3 aliphatic heterocycles. The molecule has 0 spiro atoms. The van der Waals surface area contributed by atoms with Crippen LogP contribution in [0, 0.1) is 5.92 Å². The molecule has 1 aromatic heterocycles. The predicted molar refractivity (Wildman–Crippen MR) is 204 cm³/mol. The van der Waals surface area contributed by atoms with Crippen molar-refractivity contribution in [1.82, 2.24) is 20.3 Å². The molecule has 6 atom stereocenters. The van der Waals surface area contributed by atoms with Crippen LogP contribution in [0.5, 0.6) is 0 Å². The van der Waals surface area contributed by atoms with Crippen LogP contribution in [-0.2, 0) is 33.5 Å². The lowest BCUT2D eigenvalue weighted by Gasteiger charge is -2.31. The molecule has 11 heteroatoms. The summed E-state index contributed by atoms with van der Waals surface area (Å²) < 4.78 is 9.34. The molecule has 1 unspecified atom stereocenters. The van der Waals surface area contributed by atoms with E-state index >= 15 is 0 Å². The molecule has 0 bridgehead atoms. The predicted octanol–water partition coefficient (Wildman–Crippen LogP) is 4.43. The lowest BCUT2D eigenvalue weighted by Crippen LogP contribution is -2.52. The number of carbonyl (C=O) groups excluding carboxylic acids is 1. The molecule has 4 heterocycles. The normalized spacial score (nSPS) is 27.5. The van der Waals surface area contributed by atoms with Gasteiger partial charge in [0.15, 0.2) is 5.71 Å². The first-order valence-electron chi connectivity index (χ1n) is 18.9. The van der Waals surface area contributed by atoms with Crippen LogP contribution in [0.3, 0.4) is 0 Å². The second kappa shape index (κ2) is 14.8. The molecule has 1 saturated heterocycles. The Morgan fingerprint density at radius 1 is 0.906 bits per heavy atom. The number of unbranched alkanes of at least 4 members (excludes halogenated alkanes) is 2. The quantitative estimate of drug-likeness (QED) is 0.0881. The van der Waals surface area contributed by atoms with Crippen molar-refractivity contribution < 1.29 is 29.4 Å². The van der Waals surface area contributed by atoms with E-state index < -0.39 is 30.3 Å². The van der Waals surface area contributed by atoms with Crippen LogP contribution in [0.2, 0.25) is 0 Å². The van der Waals surface area contributed by atoms with E-state index in [-0.39, 0.29) is 29.4 Å². The summed E-state index contributed by atoms with van der Waals surface area (Å²) in [5.41, 5.74) is 8.14. The molecule has 0 radical (unpaired) electrons. The SMILES string of the molecule is C[N+]1=C(C=CC=CC=C2N(CCCCCC(=O)NCc3cn(C[C@@H]4[C@@H](O)[C@H](O)[C@@H](O)C5O[C@@H]54)nn3)c3ccccc3C2(C)C)C(C)(C)c2ccccc21. The largest absolute Gasteiger partial charge is 0.390 e. The van der Waals surface area contributed by atoms with Gasteiger partial charge < -0.3 is 30.3 Å². The monoisotopic (exact) mass is 721 g/mol. The van der Waals surface area contributed by atoms with Crippen LogP contribution in [0.1, 0.15) is 70.2 Å². The summed E-state index contributed by atoms with van der Waals surface area (Å²) in [6.45, 7) is 10.6. The van der Waals surface area contributed by atoms with Crippen LogP contribution in [0.15, 0.2) is 90.8 Å². The third kappa shape index (κ3) is 7.15. The van der Waals surface area contributed by atoms with Crippen molar-refractivity contribution in [2.45, 2.75) is 108 Å². The lowest BCUT2D eigenvalue weighted by atomic mass is 9.81. The minimum absolute atomic E-state index is 0.0331. The van der Waals surface area contributed by atoms with Crippen LogP contribution in [0.4, 0.5) is 11.4 Å². The summed E-state index contributed by atoms with van der Waals surface area (Å²) in [6, 6.07) is 17.3. The van der Waals surface area contributed by atoms with Gasteiger partial charge in [-0.05, 0) is 44.4 Å². The van der Waals surface area contributed by atoms with Gasteiger partial charge in [0.25, 0.3) is 0 Å². The Hall–Kier alpha value is -4.42. The first-order chi connectivity index (χ1) is 25.4. The number of ether oxygens (including phenoxy) is 1. The maximum Gasteiger partial charge on any atom is 0.220 e. The number of hydrogen-bond donors (Lipinski definition) is 4. The number of amides is 1. The van der Waals surface area contributed by atoms with Crippen molar-refractivity contribution in [3.63, 3.8) is 0 Å². The molecule has 53 heavy (non-hydrogen) atoms. The van der Waals surface area contributed by atoms with Gasteiger partial charge in [-0.15, -0.1) is 5.10 Å². The van der Waals surface area contributed by atoms with Crippen LogP contribution >= 0.6 is 0 Å². The van der Waals surface area contributed by atoms with Gasteiger partial charge in [0.05, 0.1) is 36.9 Å². The first kappa shape index (κ1) is 36.9. The number of rotatable bonds is 13. The number of anilines is 1. The molecular weight excluding hydrogens is 668 g/mol. The summed E-state index contributed by atoms with van der Waals surface area (Å²) in [4.78, 5) is 15.1. The molecule has 1 amide bonds. The zero-order valence-electron chi connectivity index (χ0n) is 31.4. The average molecular weight is 722 g/mol. The molecular formula is C42H53N6O5+. The highest BCUT2D eigenvalue weighted by Crippen LogP contribution is 2.48. The Morgan fingerprint density at radius 3 is 2.45 bits per heavy atom. The molecule has 1 aliphatic carbocycles. The van der Waals surface area contributed by atoms with Crippen molar-refractivity contribution >= 4 is 23.0 Å². The van der Waals surface area contributed by atoms with Gasteiger partial charge in [0.1, 0.15) is 31.1 Å². The highest BCUT2D eigenvalue weighted by Gasteiger charge is 2.60. The Kier molecular flexibility index (Phi) is 10.3. The summed E-state index contributed by atoms with van der Waals surface area (Å²) in [5.74, 6) is -0.433. The highest BCUT2D eigenvalue weighted by atomic mass is 16.6. The minimum Gasteiger partial charge on any atom is -0.390 e. The van der Waals surface area contributed by atoms with Gasteiger partial charge in [-0.25, -0.2) is 0 Å². The standard InChI is InChI=1S/C42H52N6O5/c1-41(2)29-16-11-13-18-31(29)46(5)33(41)20-8-6-9-21-34-42(3,4)30-17-12-14-19-32(30)48(34)23-15-7-10-22-35(49)43-24-27-25-47(45-44-27)26-28-36(50)37(51)38(52)40-39(28)53-40/h6,8-9,11-14,16-21,25,28,36-40,50-52H,7,10,15,22-24,26H2,1-5H3/p+1/t28-,36-,37+,38-,39-,40?/m1/s1. The van der Waals surface area contributed by atoms with Gasteiger partial charge in [-0.3, -0.25) is 9.48 Å². The number of carbonyl (C=O) groups is 1. The first-order valence-corrected chi connectivity index (χ1v) is 18.9. The molecule has 2 fully saturated rings. The Labute approximate surface area is 312 Å². The van der Waals surface area contributed by atoms with Crippen LogP contribution < -0.4 is 10.2 Å². The molecule has 1 saturated carbocycles. The highest BCUT2D eigenvalue weighted by molar-refractivity contribution is 6.03. The molecule has 11 nitrogen and oxygen atoms in total. The maximum absolute atomic E-state index is 12.7. The average Bonchev–Trinajstić information content (AvgIpc) is 3.71. The van der Waals surface area contributed by atoms with Gasteiger partial charge >= 0.3 is 0 Å². The smallest absolute Gasteiger partial charge is 0.220 e. The maximum atomic E-state index is 12.7. The molecule has 2 aromatic carbocycles. The zero-order valence-corrected chi connectivity index (χ0v) is 31.4. The number of hydrogen-bond acceptors (Lipinski definition) is 8. The van der Waals surface area contributed by atoms with Crippen molar-refractivity contribution in [1.29, 1.82) is 0 Å². The third-order valence-electron chi connectivity index (χ3n) is 11.7. The number of epoxide rings is 1. The summed E-state index contributed by atoms with van der Waals surface area (Å²) in [6.07, 6.45) is 11.5. The Bertz CT molecular complexity index is 1960. The third-order valence-corrected chi connectivity index (χ3v) is 11.7. The van der Waals surface area contributed by atoms with Gasteiger partial charge in [0.2, 0.25) is 11.6 Å². The van der Waals surface area contributed by atoms with E-state index in [2.05, 4.69) is 139 Å². The zero-order chi connectivity index (χ0) is 37.5. The van der Waals surface area contributed by atoms with Crippen LogP contribution in [-0.4, -0.2) is 90.6 Å². The number of aliphatic hydroxyl groups excluding tert-OH is 3. The lowest BCUT2D eigenvalue weighted by molar-refractivity contribution is -0.401. The Balaban J connectivity index is 0.892. The van der Waals surface area contributed by atoms with E-state index in [1.807, 2.05) is 0 Å². The van der Waals surface area contributed by atoms with Crippen molar-refractivity contribution in [2.24, 2.45) is 5.92 Å². The minimum atomic E-state index is -1.26. The van der Waals surface area contributed by atoms with Crippen molar-refractivity contribution in [2.75, 3.05) is 18.5 Å². The molecule has 4 aliphatic rings. The van der Waals surface area contributed by atoms with E-state index in [1.54, 1.807) is 10.9 Å². The number of benzene rings is 2. The van der Waals surface area contributed by atoms with Crippen LogP contribution in [0.25, 0.3) is 0 Å². The summed E-state index contributed by atoms with van der Waals surface area (Å²) >= 11 is 0. The fraction of sp³-hybridized carbons (Fsp3) is 0.476. The van der Waals surface area contributed by atoms with E-state index in [9.17, 15) is 20.1 Å². The number of para-hydroxylation sites is 2.